The molecular formula is C16H20F3N3O3S. The zero-order valence-corrected chi connectivity index (χ0v) is 14.9. The van der Waals surface area contributed by atoms with Gasteiger partial charge in [0.05, 0.1) is 18.1 Å². The van der Waals surface area contributed by atoms with Gasteiger partial charge in [-0.15, -0.1) is 0 Å². The number of amides is 1. The lowest BCUT2D eigenvalue weighted by Gasteiger charge is -2.36. The number of aromatic nitrogens is 1. The second kappa shape index (κ2) is 7.15. The molecule has 2 fully saturated rings. The number of hydrogen-bond donors (Lipinski definition) is 0. The van der Waals surface area contributed by atoms with Crippen LogP contribution >= 0.6 is 0 Å². The van der Waals surface area contributed by atoms with Crippen LogP contribution in [0, 0.1) is 5.92 Å². The number of rotatable bonds is 3. The van der Waals surface area contributed by atoms with Crippen LogP contribution in [0.2, 0.25) is 0 Å². The lowest BCUT2D eigenvalue weighted by molar-refractivity contribution is -0.141. The molecule has 0 unspecified atom stereocenters. The fourth-order valence-corrected chi connectivity index (χ4v) is 4.97. The number of alkyl halides is 3. The lowest BCUT2D eigenvalue weighted by Crippen LogP contribution is -2.52. The molecule has 2 aliphatic heterocycles. The number of pyridine rings is 1. The summed E-state index contributed by atoms with van der Waals surface area (Å²) in [6, 6.07) is 2.29. The summed E-state index contributed by atoms with van der Waals surface area (Å²) in [6.07, 6.45) is -2.31. The van der Waals surface area contributed by atoms with Crippen molar-refractivity contribution in [1.82, 2.24) is 9.88 Å². The number of piperazine rings is 1. The van der Waals surface area contributed by atoms with E-state index in [9.17, 15) is 26.4 Å². The van der Waals surface area contributed by atoms with Crippen LogP contribution in [0.4, 0.5) is 18.9 Å². The van der Waals surface area contributed by atoms with Crippen molar-refractivity contribution in [2.24, 2.45) is 5.92 Å². The van der Waals surface area contributed by atoms with Crippen LogP contribution in [0.3, 0.4) is 0 Å². The van der Waals surface area contributed by atoms with Crippen molar-refractivity contribution >= 4 is 21.4 Å². The second-order valence-corrected chi connectivity index (χ2v) is 9.08. The predicted molar refractivity (Wildman–Crippen MR) is 89.4 cm³/mol. The summed E-state index contributed by atoms with van der Waals surface area (Å²) in [4.78, 5) is 19.0. The number of anilines is 1. The highest BCUT2D eigenvalue weighted by atomic mass is 32.2. The Hall–Kier alpha value is -1.68. The molecule has 1 aromatic rings. The first-order chi connectivity index (χ1) is 12.1. The summed E-state index contributed by atoms with van der Waals surface area (Å²) in [7, 11) is -2.92. The van der Waals surface area contributed by atoms with Gasteiger partial charge in [-0.1, -0.05) is 0 Å². The van der Waals surface area contributed by atoms with E-state index in [4.69, 9.17) is 0 Å². The normalized spacial score (nSPS) is 22.6. The number of hydrogen-bond acceptors (Lipinski definition) is 5. The Bertz CT molecular complexity index is 768. The van der Waals surface area contributed by atoms with E-state index >= 15 is 0 Å². The van der Waals surface area contributed by atoms with Crippen LogP contribution in [0.15, 0.2) is 18.3 Å². The molecule has 0 saturated carbocycles. The third kappa shape index (κ3) is 4.53. The number of sulfone groups is 1. The van der Waals surface area contributed by atoms with Gasteiger partial charge in [0.25, 0.3) is 0 Å². The molecule has 6 nitrogen and oxygen atoms in total. The van der Waals surface area contributed by atoms with Gasteiger partial charge in [0, 0.05) is 31.5 Å². The Morgan fingerprint density at radius 2 is 1.88 bits per heavy atom. The fourth-order valence-electron chi connectivity index (χ4n) is 3.38. The van der Waals surface area contributed by atoms with Gasteiger partial charge in [0.15, 0.2) is 0 Å². The van der Waals surface area contributed by atoms with Gasteiger partial charge in [0.2, 0.25) is 5.91 Å². The maximum absolute atomic E-state index is 12.8. The van der Waals surface area contributed by atoms with E-state index in [1.54, 1.807) is 0 Å². The van der Waals surface area contributed by atoms with Gasteiger partial charge in [-0.05, 0) is 30.9 Å². The smallest absolute Gasteiger partial charge is 0.310 e. The minimum Gasteiger partial charge on any atom is -0.310 e. The van der Waals surface area contributed by atoms with Gasteiger partial charge < -0.3 is 4.90 Å². The first-order valence-corrected chi connectivity index (χ1v) is 10.2. The number of carbonyl (C=O) groups excluding carboxylic acids is 1. The molecule has 1 amide bonds. The highest BCUT2D eigenvalue weighted by Gasteiger charge is 2.34. The van der Waals surface area contributed by atoms with Crippen LogP contribution < -0.4 is 4.90 Å². The molecule has 3 rings (SSSR count). The maximum atomic E-state index is 12.8. The van der Waals surface area contributed by atoms with Crippen molar-refractivity contribution in [2.75, 3.05) is 42.6 Å². The quantitative estimate of drug-likeness (QED) is 0.782. The van der Waals surface area contributed by atoms with Crippen LogP contribution in [0.5, 0.6) is 0 Å². The standard InChI is InChI=1S/C16H20F3N3O3S/c17-16(18,19)14-9-13(1-4-20-14)22-6-5-21(11-15(22)23)10-12-2-7-26(24,25)8-3-12/h1,4,9,12H,2-3,5-8,10-11H2. The summed E-state index contributed by atoms with van der Waals surface area (Å²) < 4.78 is 61.3. The van der Waals surface area contributed by atoms with Gasteiger partial charge >= 0.3 is 6.18 Å². The maximum Gasteiger partial charge on any atom is 0.433 e. The Morgan fingerprint density at radius 3 is 2.50 bits per heavy atom. The molecule has 1 aromatic heterocycles. The van der Waals surface area contributed by atoms with Crippen LogP contribution in [-0.4, -0.2) is 61.9 Å². The Balaban J connectivity index is 1.60. The topological polar surface area (TPSA) is 70.6 Å². The predicted octanol–water partition coefficient (Wildman–Crippen LogP) is 1.57. The van der Waals surface area contributed by atoms with Crippen molar-refractivity contribution in [3.05, 3.63) is 24.0 Å². The van der Waals surface area contributed by atoms with E-state index in [-0.39, 0.29) is 35.6 Å². The van der Waals surface area contributed by atoms with E-state index in [2.05, 4.69) is 4.98 Å². The lowest BCUT2D eigenvalue weighted by atomic mass is 10.0. The van der Waals surface area contributed by atoms with Crippen molar-refractivity contribution in [3.63, 3.8) is 0 Å². The Morgan fingerprint density at radius 1 is 1.19 bits per heavy atom. The van der Waals surface area contributed by atoms with E-state index < -0.39 is 21.7 Å². The molecule has 2 aliphatic rings. The molecule has 0 bridgehead atoms. The molecule has 0 aliphatic carbocycles. The van der Waals surface area contributed by atoms with Crippen LogP contribution in [0.1, 0.15) is 18.5 Å². The SMILES string of the molecule is O=C1CN(CC2CCS(=O)(=O)CC2)CCN1c1ccnc(C(F)(F)F)c1. The molecule has 10 heteroatoms. The summed E-state index contributed by atoms with van der Waals surface area (Å²) >= 11 is 0. The molecule has 0 radical (unpaired) electrons. The van der Waals surface area contributed by atoms with Gasteiger partial charge in [-0.25, -0.2) is 8.42 Å². The third-order valence-electron chi connectivity index (χ3n) is 4.84. The molecule has 2 saturated heterocycles. The van der Waals surface area contributed by atoms with Crippen molar-refractivity contribution in [3.8, 4) is 0 Å². The van der Waals surface area contributed by atoms with Gasteiger partial charge in [0.1, 0.15) is 15.5 Å². The number of carbonyl (C=O) groups is 1. The zero-order valence-electron chi connectivity index (χ0n) is 14.1. The minimum absolute atomic E-state index is 0.118. The Kier molecular flexibility index (Phi) is 5.25. The molecule has 3 heterocycles. The van der Waals surface area contributed by atoms with E-state index in [0.717, 1.165) is 12.3 Å². The van der Waals surface area contributed by atoms with Gasteiger partial charge in [-0.3, -0.25) is 14.7 Å². The average Bonchev–Trinajstić information content (AvgIpc) is 2.56. The highest BCUT2D eigenvalue weighted by molar-refractivity contribution is 7.91. The fraction of sp³-hybridized carbons (Fsp3) is 0.625. The molecule has 0 aromatic carbocycles. The third-order valence-corrected chi connectivity index (χ3v) is 6.55. The minimum atomic E-state index is -4.55. The van der Waals surface area contributed by atoms with Crippen LogP contribution in [-0.2, 0) is 20.8 Å². The zero-order chi connectivity index (χ0) is 18.9. The first-order valence-electron chi connectivity index (χ1n) is 8.40. The van der Waals surface area contributed by atoms with Crippen molar-refractivity contribution < 1.29 is 26.4 Å². The van der Waals surface area contributed by atoms with E-state index in [1.165, 1.54) is 11.0 Å². The highest BCUT2D eigenvalue weighted by Crippen LogP contribution is 2.30. The van der Waals surface area contributed by atoms with E-state index in [0.29, 0.717) is 32.5 Å². The van der Waals surface area contributed by atoms with E-state index in [1.807, 2.05) is 4.90 Å². The second-order valence-electron chi connectivity index (χ2n) is 6.77. The Labute approximate surface area is 149 Å². The summed E-state index contributed by atoms with van der Waals surface area (Å²) in [6.45, 7) is 1.59. The van der Waals surface area contributed by atoms with Gasteiger partial charge in [-0.2, -0.15) is 13.2 Å². The molecule has 0 N–H and O–H groups in total. The summed E-state index contributed by atoms with van der Waals surface area (Å²) in [5.74, 6) is 0.334. The molecule has 144 valence electrons. The molecular weight excluding hydrogens is 371 g/mol. The number of nitrogens with zero attached hydrogens (tertiary/aromatic N) is 3. The van der Waals surface area contributed by atoms with Crippen molar-refractivity contribution in [1.29, 1.82) is 0 Å². The van der Waals surface area contributed by atoms with Crippen LogP contribution in [0.25, 0.3) is 0 Å². The number of halogens is 3. The largest absolute Gasteiger partial charge is 0.433 e. The monoisotopic (exact) mass is 391 g/mol. The molecule has 26 heavy (non-hydrogen) atoms. The first kappa shape index (κ1) is 19.1. The summed E-state index contributed by atoms with van der Waals surface area (Å²) in [5, 5.41) is 0. The van der Waals surface area contributed by atoms with Crippen molar-refractivity contribution in [2.45, 2.75) is 19.0 Å². The molecule has 0 spiro atoms. The average molecular weight is 391 g/mol. The summed E-state index contributed by atoms with van der Waals surface area (Å²) in [5.41, 5.74) is -0.825. The molecule has 0 atom stereocenters.